The van der Waals surface area contributed by atoms with Crippen molar-refractivity contribution in [2.75, 3.05) is 17.7 Å². The van der Waals surface area contributed by atoms with Gasteiger partial charge in [0.1, 0.15) is 11.3 Å². The van der Waals surface area contributed by atoms with E-state index >= 15 is 0 Å². The highest BCUT2D eigenvalue weighted by atomic mass is 32.1. The van der Waals surface area contributed by atoms with Crippen molar-refractivity contribution in [2.45, 2.75) is 6.92 Å². The van der Waals surface area contributed by atoms with Crippen LogP contribution < -0.4 is 21.0 Å². The standard InChI is InChI=1S/C18H16N2O3S/c1-11-9-17(21)23-16-10-12(7-8-13(11)16)19-18(24)20-14-5-3-4-6-15(14)22-2/h3-10H,1-2H3,(H2,19,20,24). The molecule has 0 unspecified atom stereocenters. The highest BCUT2D eigenvalue weighted by Crippen LogP contribution is 2.24. The van der Waals surface area contributed by atoms with Crippen molar-refractivity contribution in [3.63, 3.8) is 0 Å². The number of thiocarbonyl (C=S) groups is 1. The predicted molar refractivity (Wildman–Crippen MR) is 100 cm³/mol. The third kappa shape index (κ3) is 3.38. The Bertz CT molecular complexity index is 966. The summed E-state index contributed by atoms with van der Waals surface area (Å²) in [6.07, 6.45) is 0. The molecule has 0 aliphatic rings. The first-order chi connectivity index (χ1) is 11.6. The van der Waals surface area contributed by atoms with Gasteiger partial charge < -0.3 is 19.8 Å². The van der Waals surface area contributed by atoms with Gasteiger partial charge in [0, 0.05) is 23.2 Å². The number of fused-ring (bicyclic) bond motifs is 1. The van der Waals surface area contributed by atoms with Crippen LogP contribution in [0, 0.1) is 6.92 Å². The second kappa shape index (κ2) is 6.72. The minimum absolute atomic E-state index is 0.369. The smallest absolute Gasteiger partial charge is 0.336 e. The van der Waals surface area contributed by atoms with Crippen LogP contribution in [0.4, 0.5) is 11.4 Å². The number of aryl methyl sites for hydroxylation is 1. The van der Waals surface area contributed by atoms with Crippen LogP contribution in [-0.4, -0.2) is 12.2 Å². The van der Waals surface area contributed by atoms with Crippen molar-refractivity contribution in [3.05, 3.63) is 64.5 Å². The molecular formula is C18H16N2O3S. The lowest BCUT2D eigenvalue weighted by molar-refractivity contribution is 0.417. The monoisotopic (exact) mass is 340 g/mol. The molecule has 0 fully saturated rings. The summed E-state index contributed by atoms with van der Waals surface area (Å²) in [6.45, 7) is 1.88. The molecule has 3 aromatic rings. The van der Waals surface area contributed by atoms with Gasteiger partial charge >= 0.3 is 5.63 Å². The quantitative estimate of drug-likeness (QED) is 0.557. The number of benzene rings is 2. The van der Waals surface area contributed by atoms with Crippen molar-refractivity contribution >= 4 is 39.7 Å². The van der Waals surface area contributed by atoms with Crippen molar-refractivity contribution < 1.29 is 9.15 Å². The third-order valence-electron chi connectivity index (χ3n) is 3.56. The topological polar surface area (TPSA) is 63.5 Å². The van der Waals surface area contributed by atoms with Crippen LogP contribution >= 0.6 is 12.2 Å². The van der Waals surface area contributed by atoms with Gasteiger partial charge in [-0.3, -0.25) is 0 Å². The Morgan fingerprint density at radius 1 is 1.12 bits per heavy atom. The number of hydrogen-bond acceptors (Lipinski definition) is 4. The molecule has 2 N–H and O–H groups in total. The number of para-hydroxylation sites is 2. The van der Waals surface area contributed by atoms with Crippen LogP contribution in [0.1, 0.15) is 5.56 Å². The Kier molecular flexibility index (Phi) is 4.48. The number of ether oxygens (including phenoxy) is 1. The number of anilines is 2. The zero-order valence-electron chi connectivity index (χ0n) is 13.3. The van der Waals surface area contributed by atoms with Crippen molar-refractivity contribution in [2.24, 2.45) is 0 Å². The molecule has 5 nitrogen and oxygen atoms in total. The summed E-state index contributed by atoms with van der Waals surface area (Å²) in [5, 5.41) is 7.46. The van der Waals surface area contributed by atoms with E-state index in [1.54, 1.807) is 13.2 Å². The first-order valence-electron chi connectivity index (χ1n) is 7.32. The van der Waals surface area contributed by atoms with E-state index in [4.69, 9.17) is 21.4 Å². The molecule has 0 radical (unpaired) electrons. The Labute approximate surface area is 144 Å². The van der Waals surface area contributed by atoms with Crippen LogP contribution in [0.3, 0.4) is 0 Å². The normalized spacial score (nSPS) is 10.4. The summed E-state index contributed by atoms with van der Waals surface area (Å²) in [5.74, 6) is 0.696. The largest absolute Gasteiger partial charge is 0.495 e. The zero-order valence-corrected chi connectivity index (χ0v) is 14.1. The Hall–Kier alpha value is -2.86. The Balaban J connectivity index is 1.82. The average molecular weight is 340 g/mol. The molecule has 0 amide bonds. The first-order valence-corrected chi connectivity index (χ1v) is 7.73. The molecule has 6 heteroatoms. The summed E-state index contributed by atoms with van der Waals surface area (Å²) in [5.41, 5.74) is 2.52. The van der Waals surface area contributed by atoms with E-state index in [1.165, 1.54) is 6.07 Å². The van der Waals surface area contributed by atoms with E-state index in [2.05, 4.69) is 10.6 Å². The van der Waals surface area contributed by atoms with Gasteiger partial charge in [-0.25, -0.2) is 4.79 Å². The van der Waals surface area contributed by atoms with Gasteiger partial charge in [0.05, 0.1) is 12.8 Å². The maximum absolute atomic E-state index is 11.5. The highest BCUT2D eigenvalue weighted by molar-refractivity contribution is 7.80. The van der Waals surface area contributed by atoms with Gasteiger partial charge in [0.15, 0.2) is 5.11 Å². The molecule has 0 saturated carbocycles. The number of methoxy groups -OCH3 is 1. The lowest BCUT2D eigenvalue weighted by atomic mass is 10.1. The molecule has 0 saturated heterocycles. The van der Waals surface area contributed by atoms with Gasteiger partial charge in [0.2, 0.25) is 0 Å². The Morgan fingerprint density at radius 2 is 1.92 bits per heavy atom. The molecule has 0 aliphatic heterocycles. The molecular weight excluding hydrogens is 324 g/mol. The molecule has 122 valence electrons. The third-order valence-corrected chi connectivity index (χ3v) is 3.77. The number of hydrogen-bond donors (Lipinski definition) is 2. The lowest BCUT2D eigenvalue weighted by Gasteiger charge is -2.13. The SMILES string of the molecule is COc1ccccc1NC(=S)Nc1ccc2c(C)cc(=O)oc2c1. The van der Waals surface area contributed by atoms with E-state index in [0.717, 1.165) is 22.3 Å². The molecule has 0 bridgehead atoms. The van der Waals surface area contributed by atoms with Crippen molar-refractivity contribution in [1.29, 1.82) is 0 Å². The van der Waals surface area contributed by atoms with Gasteiger partial charge in [-0.15, -0.1) is 0 Å². The van der Waals surface area contributed by atoms with E-state index in [1.807, 2.05) is 43.3 Å². The van der Waals surface area contributed by atoms with E-state index in [0.29, 0.717) is 16.4 Å². The van der Waals surface area contributed by atoms with Crippen LogP contribution in [0.5, 0.6) is 5.75 Å². The molecule has 0 aliphatic carbocycles. The average Bonchev–Trinajstić information content (AvgIpc) is 2.54. The summed E-state index contributed by atoms with van der Waals surface area (Å²) in [7, 11) is 1.60. The van der Waals surface area contributed by atoms with Crippen molar-refractivity contribution in [3.8, 4) is 5.75 Å². The van der Waals surface area contributed by atoms with E-state index in [-0.39, 0.29) is 5.63 Å². The summed E-state index contributed by atoms with van der Waals surface area (Å²) in [4.78, 5) is 11.5. The van der Waals surface area contributed by atoms with Crippen LogP contribution in [0.15, 0.2) is 57.7 Å². The maximum atomic E-state index is 11.5. The number of rotatable bonds is 3. The molecule has 3 rings (SSSR count). The van der Waals surface area contributed by atoms with Gasteiger partial charge in [-0.1, -0.05) is 12.1 Å². The summed E-state index contributed by atoms with van der Waals surface area (Å²) < 4.78 is 10.5. The van der Waals surface area contributed by atoms with Crippen LogP contribution in [0.25, 0.3) is 11.0 Å². The van der Waals surface area contributed by atoms with Gasteiger partial charge in [-0.2, -0.15) is 0 Å². The number of nitrogens with one attached hydrogen (secondary N) is 2. The van der Waals surface area contributed by atoms with Gasteiger partial charge in [0.25, 0.3) is 0 Å². The fourth-order valence-electron chi connectivity index (χ4n) is 2.44. The molecule has 2 aromatic carbocycles. The molecule has 1 aromatic heterocycles. The Morgan fingerprint density at radius 3 is 2.71 bits per heavy atom. The van der Waals surface area contributed by atoms with Crippen LogP contribution in [-0.2, 0) is 0 Å². The predicted octanol–water partition coefficient (Wildman–Crippen LogP) is 3.92. The first kappa shape index (κ1) is 16.0. The fraction of sp³-hybridized carbons (Fsp3) is 0.111. The zero-order chi connectivity index (χ0) is 17.1. The molecule has 24 heavy (non-hydrogen) atoms. The molecule has 0 atom stereocenters. The summed E-state index contributed by atoms with van der Waals surface area (Å²) in [6, 6.07) is 14.5. The minimum atomic E-state index is -0.369. The van der Waals surface area contributed by atoms with Gasteiger partial charge in [-0.05, 0) is 49.0 Å². The van der Waals surface area contributed by atoms with Crippen molar-refractivity contribution in [1.82, 2.24) is 0 Å². The fourth-order valence-corrected chi connectivity index (χ4v) is 2.66. The van der Waals surface area contributed by atoms with E-state index < -0.39 is 0 Å². The van der Waals surface area contributed by atoms with Crippen LogP contribution in [0.2, 0.25) is 0 Å². The molecule has 0 spiro atoms. The second-order valence-corrected chi connectivity index (χ2v) is 5.65. The summed E-state index contributed by atoms with van der Waals surface area (Å²) >= 11 is 5.33. The highest BCUT2D eigenvalue weighted by Gasteiger charge is 2.06. The van der Waals surface area contributed by atoms with E-state index in [9.17, 15) is 4.79 Å². The second-order valence-electron chi connectivity index (χ2n) is 5.24. The molecule has 1 heterocycles. The minimum Gasteiger partial charge on any atom is -0.495 e. The lowest BCUT2D eigenvalue weighted by Crippen LogP contribution is -2.19. The maximum Gasteiger partial charge on any atom is 0.336 e.